The molecular weight excluding hydrogens is 276 g/mol. The van der Waals surface area contributed by atoms with Crippen LogP contribution in [0.4, 0.5) is 0 Å². The summed E-state index contributed by atoms with van der Waals surface area (Å²) in [6, 6.07) is 0. The van der Waals surface area contributed by atoms with Gasteiger partial charge >= 0.3 is 5.97 Å². The summed E-state index contributed by atoms with van der Waals surface area (Å²) < 4.78 is 0. The van der Waals surface area contributed by atoms with Crippen molar-refractivity contribution >= 4 is 5.97 Å². The van der Waals surface area contributed by atoms with Crippen LogP contribution in [0.25, 0.3) is 0 Å². The van der Waals surface area contributed by atoms with Crippen molar-refractivity contribution in [2.75, 3.05) is 0 Å². The van der Waals surface area contributed by atoms with Gasteiger partial charge in [0.25, 0.3) is 0 Å². The van der Waals surface area contributed by atoms with E-state index in [9.17, 15) is 9.90 Å². The average molecular weight is 310 g/mol. The van der Waals surface area contributed by atoms with Crippen molar-refractivity contribution in [1.29, 1.82) is 0 Å². The van der Waals surface area contributed by atoms with E-state index in [2.05, 4.69) is 26.7 Å². The van der Waals surface area contributed by atoms with Gasteiger partial charge in [-0.25, -0.2) is 4.79 Å². The number of carbonyl (C=O) groups is 1. The van der Waals surface area contributed by atoms with Crippen molar-refractivity contribution in [3.8, 4) is 0 Å². The minimum Gasteiger partial charge on any atom is -0.478 e. The number of allylic oxidation sites excluding steroid dienone is 1. The van der Waals surface area contributed by atoms with Crippen molar-refractivity contribution in [2.24, 2.45) is 11.8 Å². The summed E-state index contributed by atoms with van der Waals surface area (Å²) in [7, 11) is 0. The molecule has 0 saturated carbocycles. The SMILES string of the molecule is C=CCCC(C)CCC(CC(O)C(=C)C)C(=C)C(=O)O.CC. The molecule has 0 rings (SSSR count). The molecule has 0 bridgehead atoms. The smallest absolute Gasteiger partial charge is 0.331 e. The molecule has 22 heavy (non-hydrogen) atoms. The highest BCUT2D eigenvalue weighted by Crippen LogP contribution is 2.27. The number of hydrogen-bond acceptors (Lipinski definition) is 2. The first-order valence-electron chi connectivity index (χ1n) is 8.16. The number of aliphatic carboxylic acids is 1. The highest BCUT2D eigenvalue weighted by Gasteiger charge is 2.22. The molecule has 0 aliphatic heterocycles. The van der Waals surface area contributed by atoms with Crippen molar-refractivity contribution in [3.63, 3.8) is 0 Å². The van der Waals surface area contributed by atoms with Crippen LogP contribution >= 0.6 is 0 Å². The van der Waals surface area contributed by atoms with Crippen LogP contribution in [0.5, 0.6) is 0 Å². The van der Waals surface area contributed by atoms with Crippen LogP contribution in [0.3, 0.4) is 0 Å². The molecule has 0 aliphatic rings. The molecule has 0 fully saturated rings. The molecule has 0 radical (unpaired) electrons. The van der Waals surface area contributed by atoms with E-state index in [1.807, 2.05) is 19.9 Å². The number of rotatable bonds is 11. The summed E-state index contributed by atoms with van der Waals surface area (Å²) in [6.07, 6.45) is 5.30. The number of carboxylic acids is 1. The zero-order chi connectivity index (χ0) is 17.7. The first kappa shape index (κ1) is 22.9. The van der Waals surface area contributed by atoms with Crippen LogP contribution in [-0.4, -0.2) is 22.3 Å². The standard InChI is InChI=1S/C17H28O3.C2H6/c1-6-7-8-13(4)9-10-15(14(5)17(19)20)11-16(18)12(2)3;1-2/h6,13,15-16,18H,1-2,5,7-11H2,3-4H3,(H,19,20);1-2H3. The van der Waals surface area contributed by atoms with E-state index in [1.54, 1.807) is 6.92 Å². The fourth-order valence-electron chi connectivity index (χ4n) is 2.11. The maximum absolute atomic E-state index is 11.1. The highest BCUT2D eigenvalue weighted by molar-refractivity contribution is 5.86. The molecule has 0 aliphatic carbocycles. The third kappa shape index (κ3) is 10.4. The summed E-state index contributed by atoms with van der Waals surface area (Å²) in [6.45, 7) is 19.0. The zero-order valence-corrected chi connectivity index (χ0v) is 14.8. The third-order valence-electron chi connectivity index (χ3n) is 3.72. The van der Waals surface area contributed by atoms with Crippen molar-refractivity contribution in [2.45, 2.75) is 65.9 Å². The van der Waals surface area contributed by atoms with Gasteiger partial charge in [-0.3, -0.25) is 0 Å². The fourth-order valence-corrected chi connectivity index (χ4v) is 2.11. The minimum absolute atomic E-state index is 0.182. The van der Waals surface area contributed by atoms with Gasteiger partial charge in [0, 0.05) is 5.57 Å². The summed E-state index contributed by atoms with van der Waals surface area (Å²) in [5.41, 5.74) is 0.842. The molecule has 0 aromatic carbocycles. The first-order chi connectivity index (χ1) is 10.3. The van der Waals surface area contributed by atoms with E-state index >= 15 is 0 Å². The van der Waals surface area contributed by atoms with E-state index in [0.29, 0.717) is 17.9 Å². The van der Waals surface area contributed by atoms with Gasteiger partial charge in [-0.2, -0.15) is 0 Å². The van der Waals surface area contributed by atoms with Gasteiger partial charge in [0.1, 0.15) is 0 Å². The highest BCUT2D eigenvalue weighted by atomic mass is 16.4. The molecule has 0 saturated heterocycles. The van der Waals surface area contributed by atoms with Gasteiger partial charge in [-0.1, -0.05) is 52.0 Å². The molecule has 0 spiro atoms. The van der Waals surface area contributed by atoms with Crippen molar-refractivity contribution < 1.29 is 15.0 Å². The van der Waals surface area contributed by atoms with E-state index < -0.39 is 12.1 Å². The number of aliphatic hydroxyl groups excluding tert-OH is 1. The van der Waals surface area contributed by atoms with E-state index in [1.165, 1.54) is 0 Å². The second kappa shape index (κ2) is 13.3. The summed E-state index contributed by atoms with van der Waals surface area (Å²) in [4.78, 5) is 11.1. The maximum Gasteiger partial charge on any atom is 0.331 e. The topological polar surface area (TPSA) is 57.5 Å². The lowest BCUT2D eigenvalue weighted by Crippen LogP contribution is -2.20. The van der Waals surface area contributed by atoms with Crippen LogP contribution < -0.4 is 0 Å². The fraction of sp³-hybridized carbons (Fsp3) is 0.632. The van der Waals surface area contributed by atoms with Crippen LogP contribution in [0.2, 0.25) is 0 Å². The Morgan fingerprint density at radius 2 is 1.73 bits per heavy atom. The van der Waals surface area contributed by atoms with Crippen LogP contribution in [0.1, 0.15) is 59.8 Å². The predicted molar refractivity (Wildman–Crippen MR) is 94.9 cm³/mol. The molecule has 3 unspecified atom stereocenters. The zero-order valence-electron chi connectivity index (χ0n) is 14.8. The Bertz CT molecular complexity index is 358. The number of aliphatic hydroxyl groups is 1. The largest absolute Gasteiger partial charge is 0.478 e. The Kier molecular flexibility index (Phi) is 13.9. The molecule has 3 heteroatoms. The Labute approximate surface area is 136 Å². The Hall–Kier alpha value is -1.35. The quantitative estimate of drug-likeness (QED) is 0.418. The van der Waals surface area contributed by atoms with Gasteiger partial charge in [0.15, 0.2) is 0 Å². The molecular formula is C19H34O3. The monoisotopic (exact) mass is 310 g/mol. The maximum atomic E-state index is 11.1. The molecule has 0 amide bonds. The Balaban J connectivity index is 0. The molecule has 3 nitrogen and oxygen atoms in total. The van der Waals surface area contributed by atoms with Gasteiger partial charge in [-0.05, 0) is 44.4 Å². The second-order valence-electron chi connectivity index (χ2n) is 5.67. The van der Waals surface area contributed by atoms with Crippen molar-refractivity contribution in [3.05, 3.63) is 37.0 Å². The van der Waals surface area contributed by atoms with E-state index in [-0.39, 0.29) is 11.5 Å². The number of carboxylic acid groups (broad SMARTS) is 1. The molecule has 0 aromatic heterocycles. The van der Waals surface area contributed by atoms with Crippen LogP contribution in [-0.2, 0) is 4.79 Å². The Morgan fingerprint density at radius 3 is 2.14 bits per heavy atom. The van der Waals surface area contributed by atoms with Gasteiger partial charge in [0.05, 0.1) is 6.10 Å². The second-order valence-corrected chi connectivity index (χ2v) is 5.67. The van der Waals surface area contributed by atoms with E-state index in [4.69, 9.17) is 5.11 Å². The summed E-state index contributed by atoms with van der Waals surface area (Å²) in [5, 5.41) is 19.0. The lowest BCUT2D eigenvalue weighted by atomic mass is 9.85. The molecule has 2 N–H and O–H groups in total. The normalized spacial score (nSPS) is 14.0. The predicted octanol–water partition coefficient (Wildman–Crippen LogP) is 4.98. The third-order valence-corrected chi connectivity index (χ3v) is 3.72. The molecule has 0 aromatic rings. The van der Waals surface area contributed by atoms with Gasteiger partial charge < -0.3 is 10.2 Å². The average Bonchev–Trinajstić information content (AvgIpc) is 2.49. The van der Waals surface area contributed by atoms with Crippen molar-refractivity contribution in [1.82, 2.24) is 0 Å². The van der Waals surface area contributed by atoms with Crippen LogP contribution in [0, 0.1) is 11.8 Å². The summed E-state index contributed by atoms with van der Waals surface area (Å²) >= 11 is 0. The van der Waals surface area contributed by atoms with Gasteiger partial charge in [0.2, 0.25) is 0 Å². The van der Waals surface area contributed by atoms with Crippen LogP contribution in [0.15, 0.2) is 37.0 Å². The van der Waals surface area contributed by atoms with E-state index in [0.717, 1.165) is 25.7 Å². The summed E-state index contributed by atoms with van der Waals surface area (Å²) in [5.74, 6) is -0.674. The molecule has 0 heterocycles. The Morgan fingerprint density at radius 1 is 1.18 bits per heavy atom. The molecule has 3 atom stereocenters. The van der Waals surface area contributed by atoms with Gasteiger partial charge in [-0.15, -0.1) is 6.58 Å². The lowest BCUT2D eigenvalue weighted by molar-refractivity contribution is -0.133. The molecule has 128 valence electrons. The lowest BCUT2D eigenvalue weighted by Gasteiger charge is -2.22. The minimum atomic E-state index is -0.984. The number of hydrogen-bond donors (Lipinski definition) is 2. The first-order valence-corrected chi connectivity index (χ1v) is 8.16.